The average Bonchev–Trinajstić information content (AvgIpc) is 2.52. The van der Waals surface area contributed by atoms with Gasteiger partial charge in [-0.05, 0) is 25.8 Å². The Bertz CT molecular complexity index is 655. The molecule has 24 heavy (non-hydrogen) atoms. The molecule has 0 aliphatic carbocycles. The predicted octanol–water partition coefficient (Wildman–Crippen LogP) is 2.91. The third kappa shape index (κ3) is 6.55. The Balaban J connectivity index is 2.61. The average molecular weight is 334 g/mol. The maximum absolute atomic E-state index is 12.0. The first-order valence-corrected chi connectivity index (χ1v) is 7.70. The molecule has 2 N–H and O–H groups in total. The van der Waals surface area contributed by atoms with Crippen molar-refractivity contribution in [2.24, 2.45) is 5.10 Å². The van der Waals surface area contributed by atoms with Crippen molar-refractivity contribution in [3.05, 3.63) is 33.9 Å². The monoisotopic (exact) mass is 334 g/mol. The summed E-state index contributed by atoms with van der Waals surface area (Å²) >= 11 is 0. The topological polar surface area (TPSA) is 114 Å². The number of hydrogen-bond acceptors (Lipinski definition) is 5. The minimum Gasteiger partial charge on any atom is -0.325 e. The van der Waals surface area contributed by atoms with Gasteiger partial charge in [-0.15, -0.1) is 0 Å². The number of anilines is 1. The Morgan fingerprint density at radius 2 is 2.00 bits per heavy atom. The molecule has 1 aromatic rings. The lowest BCUT2D eigenvalue weighted by molar-refractivity contribution is -0.384. The second-order valence-corrected chi connectivity index (χ2v) is 5.47. The van der Waals surface area contributed by atoms with Crippen LogP contribution in [0.3, 0.4) is 0 Å². The predicted molar refractivity (Wildman–Crippen MR) is 91.9 cm³/mol. The molecule has 0 aliphatic rings. The van der Waals surface area contributed by atoms with E-state index in [0.29, 0.717) is 17.8 Å². The maximum Gasteiger partial charge on any atom is 0.271 e. The number of amides is 2. The SMILES string of the molecule is CCCCC(=O)N/N=C(\C)CC(=O)Nc1cc([N+](=O)[O-])ccc1C. The molecule has 8 heteroatoms. The van der Waals surface area contributed by atoms with Gasteiger partial charge in [0.1, 0.15) is 0 Å². The van der Waals surface area contributed by atoms with E-state index in [0.717, 1.165) is 18.4 Å². The smallest absolute Gasteiger partial charge is 0.271 e. The fraction of sp³-hybridized carbons (Fsp3) is 0.438. The molecule has 0 heterocycles. The Hall–Kier alpha value is -2.77. The number of nitrogens with zero attached hydrogens (tertiary/aromatic N) is 2. The molecule has 0 atom stereocenters. The van der Waals surface area contributed by atoms with Gasteiger partial charge in [0, 0.05) is 24.3 Å². The maximum atomic E-state index is 12.0. The number of aryl methyl sites for hydroxylation is 1. The third-order valence-corrected chi connectivity index (χ3v) is 3.25. The fourth-order valence-electron chi connectivity index (χ4n) is 1.88. The first-order valence-electron chi connectivity index (χ1n) is 7.70. The van der Waals surface area contributed by atoms with E-state index in [1.807, 2.05) is 6.92 Å². The van der Waals surface area contributed by atoms with E-state index in [2.05, 4.69) is 15.8 Å². The van der Waals surface area contributed by atoms with Crippen molar-refractivity contribution in [1.82, 2.24) is 5.43 Å². The molecule has 0 saturated carbocycles. The number of nitrogens with one attached hydrogen (secondary N) is 2. The molecule has 1 aromatic carbocycles. The zero-order valence-electron chi connectivity index (χ0n) is 14.1. The lowest BCUT2D eigenvalue weighted by Gasteiger charge is -2.08. The van der Waals surface area contributed by atoms with Crippen LogP contribution in [0.25, 0.3) is 0 Å². The largest absolute Gasteiger partial charge is 0.325 e. The highest BCUT2D eigenvalue weighted by atomic mass is 16.6. The molecule has 0 fully saturated rings. The highest BCUT2D eigenvalue weighted by molar-refractivity contribution is 6.06. The van der Waals surface area contributed by atoms with Gasteiger partial charge >= 0.3 is 0 Å². The van der Waals surface area contributed by atoms with Crippen molar-refractivity contribution >= 4 is 28.9 Å². The number of rotatable bonds is 8. The number of nitro benzene ring substituents is 1. The van der Waals surface area contributed by atoms with Crippen molar-refractivity contribution < 1.29 is 14.5 Å². The summed E-state index contributed by atoms with van der Waals surface area (Å²) in [7, 11) is 0. The molecule has 0 aromatic heterocycles. The molecule has 8 nitrogen and oxygen atoms in total. The molecule has 2 amide bonds. The van der Waals surface area contributed by atoms with Crippen LogP contribution in [0.4, 0.5) is 11.4 Å². The summed E-state index contributed by atoms with van der Waals surface area (Å²) < 4.78 is 0. The van der Waals surface area contributed by atoms with Gasteiger partial charge in [-0.1, -0.05) is 19.4 Å². The Labute approximate surface area is 140 Å². The molecule has 130 valence electrons. The lowest BCUT2D eigenvalue weighted by Crippen LogP contribution is -2.21. The second-order valence-electron chi connectivity index (χ2n) is 5.47. The van der Waals surface area contributed by atoms with E-state index in [4.69, 9.17) is 0 Å². The van der Waals surface area contributed by atoms with Gasteiger partial charge in [0.2, 0.25) is 11.8 Å². The van der Waals surface area contributed by atoms with Crippen LogP contribution in [-0.4, -0.2) is 22.4 Å². The zero-order chi connectivity index (χ0) is 18.1. The molecule has 0 unspecified atom stereocenters. The number of non-ortho nitro benzene ring substituents is 1. The van der Waals surface area contributed by atoms with E-state index >= 15 is 0 Å². The summed E-state index contributed by atoms with van der Waals surface area (Å²) in [5.74, 6) is -0.547. The van der Waals surface area contributed by atoms with Crippen molar-refractivity contribution in [3.8, 4) is 0 Å². The molecule has 0 spiro atoms. The van der Waals surface area contributed by atoms with E-state index in [1.165, 1.54) is 12.1 Å². The van der Waals surface area contributed by atoms with Crippen LogP contribution in [0.15, 0.2) is 23.3 Å². The Kier molecular flexibility index (Phi) is 7.54. The number of unbranched alkanes of at least 4 members (excludes halogenated alkanes) is 1. The number of carbonyl (C=O) groups is 2. The first kappa shape index (κ1) is 19.3. The standard InChI is InChI=1S/C16H22N4O4/c1-4-5-6-15(21)19-18-12(3)9-16(22)17-14-10-13(20(23)24)8-7-11(14)2/h7-8,10H,4-6,9H2,1-3H3,(H,17,22)(H,19,21)/b18-12+. The van der Waals surface area contributed by atoms with E-state index in [9.17, 15) is 19.7 Å². The van der Waals surface area contributed by atoms with Crippen molar-refractivity contribution in [2.45, 2.75) is 46.5 Å². The molecule has 1 rings (SSSR count). The summed E-state index contributed by atoms with van der Waals surface area (Å²) in [6.45, 7) is 5.36. The van der Waals surface area contributed by atoms with Crippen LogP contribution < -0.4 is 10.7 Å². The zero-order valence-corrected chi connectivity index (χ0v) is 14.1. The number of carbonyl (C=O) groups excluding carboxylic acids is 2. The normalized spacial score (nSPS) is 11.0. The minimum atomic E-state index is -0.520. The number of nitro groups is 1. The quantitative estimate of drug-likeness (QED) is 0.432. The summed E-state index contributed by atoms with van der Waals surface area (Å²) in [5.41, 5.74) is 3.86. The summed E-state index contributed by atoms with van der Waals surface area (Å²) in [5, 5.41) is 17.3. The van der Waals surface area contributed by atoms with Crippen LogP contribution in [0, 0.1) is 17.0 Å². The van der Waals surface area contributed by atoms with Crippen molar-refractivity contribution in [3.63, 3.8) is 0 Å². The Morgan fingerprint density at radius 1 is 1.29 bits per heavy atom. The fourth-order valence-corrected chi connectivity index (χ4v) is 1.88. The highest BCUT2D eigenvalue weighted by Crippen LogP contribution is 2.21. The highest BCUT2D eigenvalue weighted by Gasteiger charge is 2.12. The van der Waals surface area contributed by atoms with E-state index in [1.54, 1.807) is 19.9 Å². The molecule has 0 saturated heterocycles. The molecule has 0 bridgehead atoms. The molecule has 0 aliphatic heterocycles. The van der Waals surface area contributed by atoms with Gasteiger partial charge in [-0.2, -0.15) is 5.10 Å². The Morgan fingerprint density at radius 3 is 2.62 bits per heavy atom. The summed E-state index contributed by atoms with van der Waals surface area (Å²) in [4.78, 5) is 33.7. The van der Waals surface area contributed by atoms with Crippen LogP contribution in [0.5, 0.6) is 0 Å². The van der Waals surface area contributed by atoms with Crippen LogP contribution >= 0.6 is 0 Å². The lowest BCUT2D eigenvalue weighted by atomic mass is 10.1. The van der Waals surface area contributed by atoms with Gasteiger partial charge in [-0.3, -0.25) is 19.7 Å². The molecular weight excluding hydrogens is 312 g/mol. The van der Waals surface area contributed by atoms with Crippen molar-refractivity contribution in [2.75, 3.05) is 5.32 Å². The van der Waals surface area contributed by atoms with Gasteiger partial charge < -0.3 is 5.32 Å². The van der Waals surface area contributed by atoms with E-state index in [-0.39, 0.29) is 23.9 Å². The van der Waals surface area contributed by atoms with Gasteiger partial charge in [-0.25, -0.2) is 5.43 Å². The van der Waals surface area contributed by atoms with Crippen LogP contribution in [0.1, 0.15) is 45.1 Å². The van der Waals surface area contributed by atoms with Gasteiger partial charge in [0.15, 0.2) is 0 Å². The number of hydrogen-bond donors (Lipinski definition) is 2. The molecular formula is C16H22N4O4. The van der Waals surface area contributed by atoms with Crippen molar-refractivity contribution in [1.29, 1.82) is 0 Å². The van der Waals surface area contributed by atoms with Crippen LogP contribution in [0.2, 0.25) is 0 Å². The molecule has 0 radical (unpaired) electrons. The summed E-state index contributed by atoms with van der Waals surface area (Å²) in [6, 6.07) is 4.26. The number of hydrazone groups is 1. The van der Waals surface area contributed by atoms with E-state index < -0.39 is 4.92 Å². The summed E-state index contributed by atoms with van der Waals surface area (Å²) in [6.07, 6.45) is 2.08. The third-order valence-electron chi connectivity index (χ3n) is 3.25. The van der Waals surface area contributed by atoms with Crippen LogP contribution in [-0.2, 0) is 9.59 Å². The number of benzene rings is 1. The second kappa shape index (κ2) is 9.39. The van der Waals surface area contributed by atoms with Gasteiger partial charge in [0.25, 0.3) is 5.69 Å². The minimum absolute atomic E-state index is 0.0177. The van der Waals surface area contributed by atoms with Gasteiger partial charge in [0.05, 0.1) is 17.0 Å². The first-order chi connectivity index (χ1) is 11.3.